The van der Waals surface area contributed by atoms with Crippen LogP contribution in [0.2, 0.25) is 0 Å². The van der Waals surface area contributed by atoms with E-state index in [4.69, 9.17) is 0 Å². The molecule has 3 heteroatoms. The highest BCUT2D eigenvalue weighted by atomic mass is 32.2. The van der Waals surface area contributed by atoms with Crippen molar-refractivity contribution in [2.24, 2.45) is 0 Å². The van der Waals surface area contributed by atoms with Gasteiger partial charge in [-0.1, -0.05) is 43.5 Å². The molecule has 0 aliphatic carbocycles. The predicted octanol–water partition coefficient (Wildman–Crippen LogP) is 4.35. The largest absolute Gasteiger partial charge is 0.355 e. The average molecular weight is 301 g/mol. The zero-order chi connectivity index (χ0) is 15.7. The Kier molecular flexibility index (Phi) is 7.71. The van der Waals surface area contributed by atoms with Gasteiger partial charge in [0.05, 0.1) is 0 Å². The molecule has 0 spiro atoms. The van der Waals surface area contributed by atoms with E-state index in [1.165, 1.54) is 27.2 Å². The minimum Gasteiger partial charge on any atom is -0.355 e. The van der Waals surface area contributed by atoms with Crippen molar-refractivity contribution in [3.8, 4) is 11.2 Å². The highest BCUT2D eigenvalue weighted by Gasteiger charge is 2.08. The number of carbonyl (C=O) groups is 1. The molecular weight excluding hydrogens is 278 g/mol. The van der Waals surface area contributed by atoms with Crippen LogP contribution in [0.1, 0.15) is 50.8 Å². The van der Waals surface area contributed by atoms with Gasteiger partial charge in [0.1, 0.15) is 0 Å². The molecule has 21 heavy (non-hydrogen) atoms. The first kappa shape index (κ1) is 17.4. The van der Waals surface area contributed by atoms with Gasteiger partial charge >= 0.3 is 0 Å². The quantitative estimate of drug-likeness (QED) is 0.625. The maximum atomic E-state index is 10.5. The molecule has 1 aromatic carbocycles. The zero-order valence-corrected chi connectivity index (χ0v) is 14.1. The lowest BCUT2D eigenvalue weighted by Gasteiger charge is -2.12. The molecular formula is C18H23NOS. The standard InChI is InChI=1S/C18H23NOS/c1-5-7-10-21-18(14(3)4)16-8-9-17(12-19-13-20)15(6-2)11-16/h8-9,11,13H,5-6,12H2,1-4H3,(H,19,20). The van der Waals surface area contributed by atoms with Gasteiger partial charge in [0.15, 0.2) is 0 Å². The van der Waals surface area contributed by atoms with Crippen LogP contribution >= 0.6 is 11.8 Å². The lowest BCUT2D eigenvalue weighted by atomic mass is 10.0. The molecule has 2 nitrogen and oxygen atoms in total. The van der Waals surface area contributed by atoms with E-state index in [1.807, 2.05) is 0 Å². The van der Waals surface area contributed by atoms with E-state index < -0.39 is 0 Å². The number of nitrogens with one attached hydrogen (secondary N) is 1. The van der Waals surface area contributed by atoms with Crippen molar-refractivity contribution in [3.63, 3.8) is 0 Å². The fourth-order valence-corrected chi connectivity index (χ4v) is 2.80. The number of hydrogen-bond donors (Lipinski definition) is 1. The van der Waals surface area contributed by atoms with Crippen LogP contribution in [-0.2, 0) is 17.8 Å². The van der Waals surface area contributed by atoms with Gasteiger partial charge in [-0.3, -0.25) is 4.79 Å². The summed E-state index contributed by atoms with van der Waals surface area (Å²) in [5.41, 5.74) is 4.92. The minimum atomic E-state index is 0.583. The van der Waals surface area contributed by atoms with Crippen molar-refractivity contribution < 1.29 is 4.79 Å². The van der Waals surface area contributed by atoms with Crippen LogP contribution in [-0.4, -0.2) is 6.41 Å². The second-order valence-corrected chi connectivity index (χ2v) is 5.72. The van der Waals surface area contributed by atoms with Gasteiger partial charge in [-0.05, 0) is 54.0 Å². The van der Waals surface area contributed by atoms with Crippen LogP contribution in [0, 0.1) is 11.2 Å². The number of benzene rings is 1. The molecule has 0 radical (unpaired) electrons. The summed E-state index contributed by atoms with van der Waals surface area (Å²) in [6, 6.07) is 6.43. The van der Waals surface area contributed by atoms with Gasteiger partial charge in [-0.15, -0.1) is 0 Å². The fourth-order valence-electron chi connectivity index (χ4n) is 2.03. The fraction of sp³-hybridized carbons (Fsp3) is 0.389. The Balaban J connectivity index is 3.10. The Bertz CT molecular complexity index is 575. The van der Waals surface area contributed by atoms with Gasteiger partial charge < -0.3 is 5.32 Å². The summed E-state index contributed by atoms with van der Waals surface area (Å²) in [5.74, 6) is 3.10. The molecule has 0 aliphatic rings. The van der Waals surface area contributed by atoms with Gasteiger partial charge in [0, 0.05) is 17.9 Å². The molecule has 0 aliphatic heterocycles. The number of thioether (sulfide) groups is 1. The Morgan fingerprint density at radius 2 is 2.05 bits per heavy atom. The topological polar surface area (TPSA) is 29.1 Å². The van der Waals surface area contributed by atoms with Crippen LogP contribution in [0.25, 0.3) is 4.91 Å². The summed E-state index contributed by atoms with van der Waals surface area (Å²) < 4.78 is 0. The molecule has 0 aromatic heterocycles. The molecule has 0 fully saturated rings. The molecule has 112 valence electrons. The lowest BCUT2D eigenvalue weighted by Crippen LogP contribution is -2.11. The summed E-state index contributed by atoms with van der Waals surface area (Å²) in [6.45, 7) is 9.00. The van der Waals surface area contributed by atoms with E-state index in [1.54, 1.807) is 11.8 Å². The van der Waals surface area contributed by atoms with Gasteiger partial charge in [0.2, 0.25) is 6.41 Å². The normalized spacial score (nSPS) is 9.52. The summed E-state index contributed by atoms with van der Waals surface area (Å²) in [7, 11) is 0. The van der Waals surface area contributed by atoms with Crippen LogP contribution in [0.3, 0.4) is 0 Å². The SMILES string of the molecule is CCC#CSC(=C(C)C)c1ccc(CNC=O)c(CC)c1. The van der Waals surface area contributed by atoms with Crippen LogP contribution in [0.5, 0.6) is 0 Å². The molecule has 0 heterocycles. The Morgan fingerprint density at radius 1 is 1.29 bits per heavy atom. The number of hydrogen-bond acceptors (Lipinski definition) is 2. The van der Waals surface area contributed by atoms with Gasteiger partial charge in [-0.2, -0.15) is 0 Å². The highest BCUT2D eigenvalue weighted by molar-refractivity contribution is 8.12. The zero-order valence-electron chi connectivity index (χ0n) is 13.2. The number of carbonyl (C=O) groups excluding carboxylic acids is 1. The Morgan fingerprint density at radius 3 is 2.62 bits per heavy atom. The third kappa shape index (κ3) is 5.32. The molecule has 0 unspecified atom stereocenters. The predicted molar refractivity (Wildman–Crippen MR) is 92.6 cm³/mol. The first-order valence-corrected chi connectivity index (χ1v) is 8.07. The number of aryl methyl sites for hydroxylation is 1. The molecule has 1 rings (SSSR count). The Hall–Kier alpha value is -1.66. The van der Waals surface area contributed by atoms with Crippen molar-refractivity contribution in [1.82, 2.24) is 5.32 Å². The maximum Gasteiger partial charge on any atom is 0.207 e. The van der Waals surface area contributed by atoms with Crippen molar-refractivity contribution in [2.75, 3.05) is 0 Å². The molecule has 0 atom stereocenters. The van der Waals surface area contributed by atoms with Crippen molar-refractivity contribution in [2.45, 2.75) is 47.1 Å². The van der Waals surface area contributed by atoms with E-state index in [9.17, 15) is 4.79 Å². The third-order valence-electron chi connectivity index (χ3n) is 3.08. The summed E-state index contributed by atoms with van der Waals surface area (Å²) in [5, 5.41) is 5.88. The molecule has 1 amide bonds. The third-order valence-corrected chi connectivity index (χ3v) is 4.18. The first-order chi connectivity index (χ1) is 10.1. The monoisotopic (exact) mass is 301 g/mol. The summed E-state index contributed by atoms with van der Waals surface area (Å²) in [4.78, 5) is 11.7. The van der Waals surface area contributed by atoms with Crippen LogP contribution < -0.4 is 5.32 Å². The number of rotatable bonds is 6. The average Bonchev–Trinajstić information content (AvgIpc) is 2.49. The van der Waals surface area contributed by atoms with Crippen molar-refractivity contribution >= 4 is 23.1 Å². The number of allylic oxidation sites excluding steroid dienone is 1. The van der Waals surface area contributed by atoms with Crippen molar-refractivity contribution in [3.05, 3.63) is 40.5 Å². The van der Waals surface area contributed by atoms with Crippen LogP contribution in [0.4, 0.5) is 0 Å². The lowest BCUT2D eigenvalue weighted by molar-refractivity contribution is -0.109. The second-order valence-electron chi connectivity index (χ2n) is 4.90. The number of amides is 1. The molecule has 0 bridgehead atoms. The van der Waals surface area contributed by atoms with E-state index in [-0.39, 0.29) is 0 Å². The van der Waals surface area contributed by atoms with E-state index in [0.717, 1.165) is 19.3 Å². The van der Waals surface area contributed by atoms with E-state index >= 15 is 0 Å². The van der Waals surface area contributed by atoms with E-state index in [0.29, 0.717) is 6.54 Å². The summed E-state index contributed by atoms with van der Waals surface area (Å²) in [6.07, 6.45) is 2.57. The molecule has 1 N–H and O–H groups in total. The Labute approximate surface area is 132 Å². The summed E-state index contributed by atoms with van der Waals surface area (Å²) >= 11 is 1.60. The first-order valence-electron chi connectivity index (χ1n) is 7.25. The molecule has 0 saturated carbocycles. The minimum absolute atomic E-state index is 0.583. The van der Waals surface area contributed by atoms with Gasteiger partial charge in [0.25, 0.3) is 0 Å². The van der Waals surface area contributed by atoms with Crippen LogP contribution in [0.15, 0.2) is 23.8 Å². The smallest absolute Gasteiger partial charge is 0.207 e. The van der Waals surface area contributed by atoms with E-state index in [2.05, 4.69) is 62.4 Å². The molecule has 1 aromatic rings. The molecule has 0 saturated heterocycles. The van der Waals surface area contributed by atoms with Gasteiger partial charge in [-0.25, -0.2) is 0 Å². The highest BCUT2D eigenvalue weighted by Crippen LogP contribution is 2.31. The maximum absolute atomic E-state index is 10.5. The van der Waals surface area contributed by atoms with Crippen molar-refractivity contribution in [1.29, 1.82) is 0 Å². The second kappa shape index (κ2) is 9.31.